The van der Waals surface area contributed by atoms with Gasteiger partial charge in [0.1, 0.15) is 36.9 Å². The Bertz CT molecular complexity index is 938. The highest BCUT2D eigenvalue weighted by Crippen LogP contribution is 2.24. The topological polar surface area (TPSA) is 275 Å². The third-order valence-corrected chi connectivity index (χ3v) is 7.02. The molecule has 0 aliphatic carbocycles. The van der Waals surface area contributed by atoms with E-state index in [0.717, 1.165) is 5.75 Å². The minimum absolute atomic E-state index is 0.0328. The normalized spacial score (nSPS) is 23.6. The van der Waals surface area contributed by atoms with E-state index in [2.05, 4.69) is 10.6 Å². The summed E-state index contributed by atoms with van der Waals surface area (Å²) in [6.07, 6.45) is -7.88. The van der Waals surface area contributed by atoms with E-state index in [0.29, 0.717) is 0 Å². The second-order valence-corrected chi connectivity index (χ2v) is 13.4. The molecule has 0 saturated carbocycles. The first kappa shape index (κ1) is 40.5. The molecule has 0 bridgehead atoms. The number of carboxylic acid groups (broad SMARTS) is 3. The molecule has 1 saturated heterocycles. The Balaban J connectivity index is 0.000000862. The summed E-state index contributed by atoms with van der Waals surface area (Å²) in [7, 11) is 0. The lowest BCUT2D eigenvalue weighted by Gasteiger charge is -2.39. The molecular weight excluding hydrogens is 594 g/mol. The van der Waals surface area contributed by atoms with Gasteiger partial charge >= 0.3 is 17.9 Å². The fourth-order valence-corrected chi connectivity index (χ4v) is 4.35. The van der Waals surface area contributed by atoms with Crippen LogP contribution in [0, 0.1) is 10.8 Å². The van der Waals surface area contributed by atoms with Crippen molar-refractivity contribution in [3.8, 4) is 0 Å². The Hall–Kier alpha value is -2.54. The Labute approximate surface area is 254 Å². The molecular formula is C26H47N3O13S. The number of hydrogen-bond acceptors (Lipinski definition) is 12. The van der Waals surface area contributed by atoms with Gasteiger partial charge in [0.05, 0.1) is 6.61 Å². The number of nitrogens with two attached hydrogens (primary N) is 1. The van der Waals surface area contributed by atoms with E-state index >= 15 is 0 Å². The summed E-state index contributed by atoms with van der Waals surface area (Å²) in [4.78, 5) is 56.0. The van der Waals surface area contributed by atoms with Crippen LogP contribution in [-0.4, -0.2) is 128 Å². The van der Waals surface area contributed by atoms with Crippen molar-refractivity contribution in [2.24, 2.45) is 16.6 Å². The molecule has 1 aliphatic heterocycles. The third-order valence-electron chi connectivity index (χ3n) is 5.38. The van der Waals surface area contributed by atoms with Crippen molar-refractivity contribution in [3.63, 3.8) is 0 Å². The van der Waals surface area contributed by atoms with E-state index in [1.807, 2.05) is 41.5 Å². The zero-order valence-electron chi connectivity index (χ0n) is 25.3. The molecule has 0 aromatic heterocycles. The fraction of sp³-hybridized carbons (Fsp3) is 0.808. The lowest BCUT2D eigenvalue weighted by atomic mass is 9.97. The quantitative estimate of drug-likeness (QED) is 0.105. The second kappa shape index (κ2) is 18.3. The van der Waals surface area contributed by atoms with Gasteiger partial charge in [-0.3, -0.25) is 19.2 Å². The van der Waals surface area contributed by atoms with Crippen LogP contribution in [0.3, 0.4) is 0 Å². The van der Waals surface area contributed by atoms with Crippen LogP contribution in [0.1, 0.15) is 54.4 Å². The highest BCUT2D eigenvalue weighted by molar-refractivity contribution is 7.99. The van der Waals surface area contributed by atoms with Crippen LogP contribution in [-0.2, 0) is 33.4 Å². The highest BCUT2D eigenvalue weighted by Gasteiger charge is 2.47. The van der Waals surface area contributed by atoms with E-state index in [1.165, 1.54) is 11.8 Å². The van der Waals surface area contributed by atoms with E-state index in [-0.39, 0.29) is 36.0 Å². The van der Waals surface area contributed by atoms with Crippen LogP contribution in [0.5, 0.6) is 0 Å². The zero-order valence-corrected chi connectivity index (χ0v) is 26.1. The number of ether oxygens (including phenoxy) is 2. The first-order chi connectivity index (χ1) is 19.6. The zero-order chi connectivity index (χ0) is 33.7. The summed E-state index contributed by atoms with van der Waals surface area (Å²) >= 11 is 1.46. The summed E-state index contributed by atoms with van der Waals surface area (Å²) in [6, 6.07) is -2.06. The van der Waals surface area contributed by atoms with Crippen LogP contribution >= 0.6 is 11.8 Å². The van der Waals surface area contributed by atoms with Gasteiger partial charge in [0, 0.05) is 12.2 Å². The minimum Gasteiger partial charge on any atom is -0.480 e. The van der Waals surface area contributed by atoms with Crippen LogP contribution in [0.2, 0.25) is 0 Å². The average Bonchev–Trinajstić information content (AvgIpc) is 2.86. The van der Waals surface area contributed by atoms with Gasteiger partial charge < -0.3 is 56.5 Å². The number of carbonyl (C=O) groups is 5. The Morgan fingerprint density at radius 3 is 1.98 bits per heavy atom. The molecule has 0 aromatic carbocycles. The van der Waals surface area contributed by atoms with Gasteiger partial charge in [-0.15, -0.1) is 0 Å². The number of amides is 2. The van der Waals surface area contributed by atoms with E-state index < -0.39 is 79.1 Å². The second-order valence-electron chi connectivity index (χ2n) is 12.4. The molecule has 0 radical (unpaired) electrons. The van der Waals surface area contributed by atoms with Crippen LogP contribution in [0.25, 0.3) is 0 Å². The van der Waals surface area contributed by atoms with Crippen molar-refractivity contribution >= 4 is 41.5 Å². The molecule has 250 valence electrons. The lowest BCUT2D eigenvalue weighted by Crippen LogP contribution is -2.60. The maximum absolute atomic E-state index is 12.1. The summed E-state index contributed by atoms with van der Waals surface area (Å²) in [5.74, 6) is -3.90. The standard InChI is InChI=1S/C15H27N3O6S.C11H20O7/c1-15(2,3)8-25-7-10(13(22)17-6-12(20)21)18-11(19)5-4-9(16)14(23)24;1-11(2,3)4-17-10-7(14)5(12)6(13)8(18-10)9(15)16/h9-10H,4-8,16H2,1-3H3,(H,17,22)(H,18,19)(H,20,21)(H,23,24);5-8,10,12-14H,4H2,1-3H3,(H,15,16). The number of carbonyl (C=O) groups excluding carboxylic acids is 2. The van der Waals surface area contributed by atoms with E-state index in [4.69, 9.17) is 30.5 Å². The molecule has 43 heavy (non-hydrogen) atoms. The minimum atomic E-state index is -1.69. The molecule has 7 atom stereocenters. The van der Waals surface area contributed by atoms with E-state index in [9.17, 15) is 39.3 Å². The van der Waals surface area contributed by atoms with Crippen molar-refractivity contribution in [1.82, 2.24) is 10.6 Å². The molecule has 0 aromatic rings. The summed E-state index contributed by atoms with van der Waals surface area (Å²) in [5.41, 5.74) is 5.16. The van der Waals surface area contributed by atoms with Crippen molar-refractivity contribution in [2.75, 3.05) is 24.7 Å². The molecule has 1 aliphatic rings. The van der Waals surface area contributed by atoms with Gasteiger partial charge in [-0.25, -0.2) is 4.79 Å². The first-order valence-electron chi connectivity index (χ1n) is 13.4. The summed E-state index contributed by atoms with van der Waals surface area (Å²) in [6.45, 7) is 11.4. The predicted octanol–water partition coefficient (Wildman–Crippen LogP) is -1.42. The molecule has 17 heteroatoms. The Morgan fingerprint density at radius 2 is 1.51 bits per heavy atom. The van der Waals surface area contributed by atoms with Gasteiger partial charge in [0.15, 0.2) is 12.4 Å². The van der Waals surface area contributed by atoms with Crippen molar-refractivity contribution in [1.29, 1.82) is 0 Å². The maximum Gasteiger partial charge on any atom is 0.335 e. The van der Waals surface area contributed by atoms with E-state index in [1.54, 1.807) is 0 Å². The number of aliphatic hydroxyl groups is 3. The van der Waals surface area contributed by atoms with Crippen LogP contribution < -0.4 is 16.4 Å². The largest absolute Gasteiger partial charge is 0.480 e. The van der Waals surface area contributed by atoms with Crippen molar-refractivity contribution in [2.45, 2.75) is 97.2 Å². The van der Waals surface area contributed by atoms with Gasteiger partial charge in [-0.05, 0) is 23.0 Å². The molecule has 2 amide bonds. The highest BCUT2D eigenvalue weighted by atomic mass is 32.2. The number of rotatable bonds is 14. The number of carboxylic acids is 3. The van der Waals surface area contributed by atoms with Gasteiger partial charge in [-0.1, -0.05) is 41.5 Å². The molecule has 7 unspecified atom stereocenters. The Kier molecular flexibility index (Phi) is 17.2. The molecule has 16 nitrogen and oxygen atoms in total. The molecule has 1 rings (SSSR count). The number of aliphatic carboxylic acids is 3. The van der Waals surface area contributed by atoms with Gasteiger partial charge in [-0.2, -0.15) is 11.8 Å². The third kappa shape index (κ3) is 17.4. The lowest BCUT2D eigenvalue weighted by molar-refractivity contribution is -0.298. The smallest absolute Gasteiger partial charge is 0.335 e. The summed E-state index contributed by atoms with van der Waals surface area (Å²) in [5, 5.41) is 59.5. The number of aliphatic hydroxyl groups excluding tert-OH is 3. The van der Waals surface area contributed by atoms with Crippen molar-refractivity contribution in [3.05, 3.63) is 0 Å². The number of nitrogens with one attached hydrogen (secondary N) is 2. The molecule has 1 fully saturated rings. The van der Waals surface area contributed by atoms with Crippen molar-refractivity contribution < 1.29 is 64.1 Å². The first-order valence-corrected chi connectivity index (χ1v) is 14.6. The Morgan fingerprint density at radius 1 is 0.930 bits per heavy atom. The SMILES string of the molecule is CC(C)(C)COC1OC(C(=O)O)C(O)C(O)C1O.CC(C)(C)CSCC(NC(=O)CCC(N)C(=O)O)C(=O)NCC(=O)O. The summed E-state index contributed by atoms with van der Waals surface area (Å²) < 4.78 is 10.2. The monoisotopic (exact) mass is 641 g/mol. The maximum atomic E-state index is 12.1. The number of thioether (sulfide) groups is 1. The number of hydrogen-bond donors (Lipinski definition) is 9. The van der Waals surface area contributed by atoms with Gasteiger partial charge in [0.2, 0.25) is 11.8 Å². The molecule has 1 heterocycles. The van der Waals surface area contributed by atoms with Crippen LogP contribution in [0.4, 0.5) is 0 Å². The fourth-order valence-electron chi connectivity index (χ4n) is 3.15. The molecule has 0 spiro atoms. The molecule has 10 N–H and O–H groups in total. The average molecular weight is 642 g/mol. The van der Waals surface area contributed by atoms with Crippen LogP contribution in [0.15, 0.2) is 0 Å². The predicted molar refractivity (Wildman–Crippen MR) is 154 cm³/mol. The van der Waals surface area contributed by atoms with Gasteiger partial charge in [0.25, 0.3) is 0 Å².